The van der Waals surface area contributed by atoms with Crippen molar-refractivity contribution in [2.24, 2.45) is 5.92 Å². The van der Waals surface area contributed by atoms with Crippen LogP contribution < -0.4 is 15.4 Å². The van der Waals surface area contributed by atoms with Gasteiger partial charge in [-0.1, -0.05) is 12.1 Å². The maximum atomic E-state index is 12.4. The van der Waals surface area contributed by atoms with Gasteiger partial charge < -0.3 is 20.3 Å². The van der Waals surface area contributed by atoms with Gasteiger partial charge in [-0.25, -0.2) is 4.79 Å². The van der Waals surface area contributed by atoms with Gasteiger partial charge in [-0.15, -0.1) is 0 Å². The molecule has 1 atom stereocenters. The predicted molar refractivity (Wildman–Crippen MR) is 90.7 cm³/mol. The summed E-state index contributed by atoms with van der Waals surface area (Å²) in [4.78, 5) is 26.3. The molecule has 0 bridgehead atoms. The zero-order valence-electron chi connectivity index (χ0n) is 14.1. The summed E-state index contributed by atoms with van der Waals surface area (Å²) in [5.41, 5.74) is 1.03. The third-order valence-corrected chi connectivity index (χ3v) is 4.61. The molecule has 1 heterocycles. The molecule has 2 fully saturated rings. The van der Waals surface area contributed by atoms with Gasteiger partial charge in [0.15, 0.2) is 0 Å². The summed E-state index contributed by atoms with van der Waals surface area (Å²) in [6.07, 6.45) is 3.86. The number of piperidine rings is 1. The fourth-order valence-corrected chi connectivity index (χ4v) is 2.95. The average Bonchev–Trinajstić information content (AvgIpc) is 3.44. The Labute approximate surface area is 142 Å². The Morgan fingerprint density at radius 1 is 1.21 bits per heavy atom. The van der Waals surface area contributed by atoms with Crippen LogP contribution in [0.3, 0.4) is 0 Å². The number of nitrogens with one attached hydrogen (secondary N) is 2. The van der Waals surface area contributed by atoms with Crippen LogP contribution in [-0.4, -0.2) is 43.1 Å². The van der Waals surface area contributed by atoms with E-state index in [4.69, 9.17) is 4.74 Å². The van der Waals surface area contributed by atoms with Gasteiger partial charge in [-0.05, 0) is 43.4 Å². The van der Waals surface area contributed by atoms with Gasteiger partial charge in [0.05, 0.1) is 13.0 Å². The molecule has 6 nitrogen and oxygen atoms in total. The summed E-state index contributed by atoms with van der Waals surface area (Å²) in [6, 6.07) is 7.97. The van der Waals surface area contributed by atoms with Crippen molar-refractivity contribution in [3.63, 3.8) is 0 Å². The highest BCUT2D eigenvalue weighted by Crippen LogP contribution is 2.21. The Balaban J connectivity index is 1.47. The molecular formula is C18H25N3O3. The zero-order chi connectivity index (χ0) is 16.9. The van der Waals surface area contributed by atoms with Crippen LogP contribution in [0.4, 0.5) is 4.79 Å². The van der Waals surface area contributed by atoms with Crippen molar-refractivity contribution in [3.8, 4) is 5.75 Å². The fraction of sp³-hybridized carbons (Fsp3) is 0.556. The second-order valence-electron chi connectivity index (χ2n) is 6.57. The molecule has 1 aliphatic carbocycles. The monoisotopic (exact) mass is 331 g/mol. The van der Waals surface area contributed by atoms with Crippen molar-refractivity contribution < 1.29 is 14.3 Å². The van der Waals surface area contributed by atoms with E-state index in [0.29, 0.717) is 19.1 Å². The quantitative estimate of drug-likeness (QED) is 0.866. The molecule has 130 valence electrons. The number of rotatable bonds is 5. The van der Waals surface area contributed by atoms with E-state index in [-0.39, 0.29) is 17.9 Å². The first kappa shape index (κ1) is 16.6. The van der Waals surface area contributed by atoms with Crippen molar-refractivity contribution in [3.05, 3.63) is 29.8 Å². The molecule has 1 saturated heterocycles. The number of benzene rings is 1. The van der Waals surface area contributed by atoms with Gasteiger partial charge in [0.25, 0.3) is 0 Å². The maximum absolute atomic E-state index is 12.4. The van der Waals surface area contributed by atoms with Crippen molar-refractivity contribution in [1.82, 2.24) is 15.5 Å². The topological polar surface area (TPSA) is 70.7 Å². The Morgan fingerprint density at radius 2 is 1.96 bits per heavy atom. The van der Waals surface area contributed by atoms with Gasteiger partial charge in [0.2, 0.25) is 5.91 Å². The first-order valence-electron chi connectivity index (χ1n) is 8.62. The van der Waals surface area contributed by atoms with Gasteiger partial charge in [-0.2, -0.15) is 0 Å². The van der Waals surface area contributed by atoms with Crippen LogP contribution in [-0.2, 0) is 11.3 Å². The third-order valence-electron chi connectivity index (χ3n) is 4.61. The number of carbonyl (C=O) groups is 2. The van der Waals surface area contributed by atoms with Crippen LogP contribution >= 0.6 is 0 Å². The molecule has 1 aliphatic heterocycles. The lowest BCUT2D eigenvalue weighted by Gasteiger charge is -2.32. The molecular weight excluding hydrogens is 306 g/mol. The van der Waals surface area contributed by atoms with Crippen LogP contribution in [0.15, 0.2) is 24.3 Å². The highest BCUT2D eigenvalue weighted by Gasteiger charge is 2.31. The van der Waals surface area contributed by atoms with Crippen molar-refractivity contribution in [2.45, 2.75) is 38.3 Å². The number of ether oxygens (including phenoxy) is 1. The van der Waals surface area contributed by atoms with E-state index in [1.165, 1.54) is 0 Å². The Morgan fingerprint density at radius 3 is 2.62 bits per heavy atom. The molecule has 1 aromatic rings. The van der Waals surface area contributed by atoms with Crippen molar-refractivity contribution in [1.29, 1.82) is 0 Å². The maximum Gasteiger partial charge on any atom is 0.317 e. The molecule has 1 saturated carbocycles. The number of hydrogen-bond donors (Lipinski definition) is 2. The summed E-state index contributed by atoms with van der Waals surface area (Å²) in [5.74, 6) is 0.700. The van der Waals surface area contributed by atoms with Gasteiger partial charge in [0, 0.05) is 25.7 Å². The average molecular weight is 331 g/mol. The summed E-state index contributed by atoms with van der Waals surface area (Å²) in [6.45, 7) is 1.74. The smallest absolute Gasteiger partial charge is 0.317 e. The highest BCUT2D eigenvalue weighted by molar-refractivity contribution is 5.81. The van der Waals surface area contributed by atoms with Crippen molar-refractivity contribution in [2.75, 3.05) is 20.2 Å². The SMILES string of the molecule is COc1ccc(CNC(=O)C2CCCN(C(=O)NC3CC3)C2)cc1. The molecule has 0 radical (unpaired) electrons. The normalized spacial score (nSPS) is 20.4. The number of likely N-dealkylation sites (tertiary alicyclic amines) is 1. The van der Waals surface area contributed by atoms with Crippen LogP contribution in [0, 0.1) is 5.92 Å². The van der Waals surface area contributed by atoms with Crippen LogP contribution in [0.25, 0.3) is 0 Å². The van der Waals surface area contributed by atoms with Gasteiger partial charge in [-0.3, -0.25) is 4.79 Å². The lowest BCUT2D eigenvalue weighted by molar-refractivity contribution is -0.126. The molecule has 0 spiro atoms. The second kappa shape index (κ2) is 7.55. The van der Waals surface area contributed by atoms with Crippen LogP contribution in [0.5, 0.6) is 5.75 Å². The van der Waals surface area contributed by atoms with E-state index >= 15 is 0 Å². The molecule has 6 heteroatoms. The summed E-state index contributed by atoms with van der Waals surface area (Å²) in [7, 11) is 1.63. The number of hydrogen-bond acceptors (Lipinski definition) is 3. The third kappa shape index (κ3) is 4.40. The molecule has 1 aromatic carbocycles. The zero-order valence-corrected chi connectivity index (χ0v) is 14.1. The molecule has 3 rings (SSSR count). The molecule has 2 aliphatic rings. The molecule has 1 unspecified atom stereocenters. The van der Waals surface area contributed by atoms with E-state index in [1.54, 1.807) is 12.0 Å². The number of amides is 3. The molecule has 24 heavy (non-hydrogen) atoms. The number of urea groups is 1. The fourth-order valence-electron chi connectivity index (χ4n) is 2.95. The lowest BCUT2D eigenvalue weighted by atomic mass is 9.97. The molecule has 0 aromatic heterocycles. The Hall–Kier alpha value is -2.24. The summed E-state index contributed by atoms with van der Waals surface area (Å²) >= 11 is 0. The number of methoxy groups -OCH3 is 1. The number of nitrogens with zero attached hydrogens (tertiary/aromatic N) is 1. The molecule has 3 amide bonds. The van der Waals surface area contributed by atoms with E-state index in [2.05, 4.69) is 10.6 Å². The Bertz CT molecular complexity index is 584. The minimum atomic E-state index is -0.123. The highest BCUT2D eigenvalue weighted by atomic mass is 16.5. The number of carbonyl (C=O) groups excluding carboxylic acids is 2. The largest absolute Gasteiger partial charge is 0.497 e. The van der Waals surface area contributed by atoms with E-state index in [1.807, 2.05) is 24.3 Å². The van der Waals surface area contributed by atoms with E-state index in [9.17, 15) is 9.59 Å². The first-order valence-corrected chi connectivity index (χ1v) is 8.62. The van der Waals surface area contributed by atoms with E-state index < -0.39 is 0 Å². The minimum absolute atomic E-state index is 0.0229. The second-order valence-corrected chi connectivity index (χ2v) is 6.57. The Kier molecular flexibility index (Phi) is 5.23. The summed E-state index contributed by atoms with van der Waals surface area (Å²) in [5, 5.41) is 5.98. The standard InChI is InChI=1S/C18H25N3O3/c1-24-16-8-4-13(5-9-16)11-19-17(22)14-3-2-10-21(12-14)18(23)20-15-6-7-15/h4-5,8-9,14-15H,2-3,6-7,10-12H2,1H3,(H,19,22)(H,20,23). The van der Waals surface area contributed by atoms with Gasteiger partial charge in [0.1, 0.15) is 5.75 Å². The predicted octanol–water partition coefficient (Wildman–Crippen LogP) is 1.90. The van der Waals surface area contributed by atoms with Crippen molar-refractivity contribution >= 4 is 11.9 Å². The van der Waals surface area contributed by atoms with E-state index in [0.717, 1.165) is 43.5 Å². The lowest BCUT2D eigenvalue weighted by Crippen LogP contribution is -2.49. The van der Waals surface area contributed by atoms with Crippen LogP contribution in [0.1, 0.15) is 31.2 Å². The minimum Gasteiger partial charge on any atom is -0.497 e. The summed E-state index contributed by atoms with van der Waals surface area (Å²) < 4.78 is 5.13. The van der Waals surface area contributed by atoms with Crippen LogP contribution in [0.2, 0.25) is 0 Å². The first-order chi connectivity index (χ1) is 11.7. The van der Waals surface area contributed by atoms with Gasteiger partial charge >= 0.3 is 6.03 Å². The molecule has 2 N–H and O–H groups in total.